The molecular weight excluding hydrogens is 236 g/mol. The van der Waals surface area contributed by atoms with Crippen molar-refractivity contribution in [3.05, 3.63) is 53.2 Å². The van der Waals surface area contributed by atoms with Crippen molar-refractivity contribution in [2.75, 3.05) is 12.4 Å². The number of aromatic nitrogens is 1. The second-order valence-electron chi connectivity index (χ2n) is 4.85. The van der Waals surface area contributed by atoms with Gasteiger partial charge in [-0.2, -0.15) is 0 Å². The number of anilines is 1. The summed E-state index contributed by atoms with van der Waals surface area (Å²) in [5.41, 5.74) is 4.74. The summed E-state index contributed by atoms with van der Waals surface area (Å²) < 4.78 is 5.26. The largest absolute Gasteiger partial charge is 0.480 e. The van der Waals surface area contributed by atoms with Gasteiger partial charge in [0.05, 0.1) is 12.8 Å². The SMILES string of the molecule is COc1ncccc1NC(C)c1cc(C)cc(C)c1. The van der Waals surface area contributed by atoms with E-state index in [4.69, 9.17) is 4.74 Å². The van der Waals surface area contributed by atoms with E-state index in [9.17, 15) is 0 Å². The Bertz CT molecular complexity index is 546. The maximum Gasteiger partial charge on any atom is 0.237 e. The van der Waals surface area contributed by atoms with Gasteiger partial charge in [-0.15, -0.1) is 0 Å². The first kappa shape index (κ1) is 13.4. The van der Waals surface area contributed by atoms with Crippen LogP contribution in [0.4, 0.5) is 5.69 Å². The predicted molar refractivity (Wildman–Crippen MR) is 78.7 cm³/mol. The Hall–Kier alpha value is -2.03. The normalized spacial score (nSPS) is 12.0. The molecule has 0 amide bonds. The molecule has 1 unspecified atom stereocenters. The van der Waals surface area contributed by atoms with Crippen molar-refractivity contribution < 1.29 is 4.74 Å². The highest BCUT2D eigenvalue weighted by atomic mass is 16.5. The lowest BCUT2D eigenvalue weighted by Crippen LogP contribution is -2.08. The Morgan fingerprint density at radius 1 is 1.16 bits per heavy atom. The van der Waals surface area contributed by atoms with E-state index in [0.717, 1.165) is 5.69 Å². The number of methoxy groups -OCH3 is 1. The summed E-state index contributed by atoms with van der Waals surface area (Å²) >= 11 is 0. The third-order valence-electron chi connectivity index (χ3n) is 3.08. The van der Waals surface area contributed by atoms with Crippen LogP contribution < -0.4 is 10.1 Å². The summed E-state index contributed by atoms with van der Waals surface area (Å²) in [6.07, 6.45) is 1.73. The van der Waals surface area contributed by atoms with E-state index in [1.807, 2.05) is 12.1 Å². The zero-order valence-corrected chi connectivity index (χ0v) is 11.9. The summed E-state index contributed by atoms with van der Waals surface area (Å²) in [7, 11) is 1.63. The van der Waals surface area contributed by atoms with Crippen LogP contribution in [0.3, 0.4) is 0 Å². The Kier molecular flexibility index (Phi) is 4.05. The molecule has 19 heavy (non-hydrogen) atoms. The van der Waals surface area contributed by atoms with Crippen molar-refractivity contribution >= 4 is 5.69 Å². The van der Waals surface area contributed by atoms with Gasteiger partial charge in [0, 0.05) is 12.2 Å². The summed E-state index contributed by atoms with van der Waals surface area (Å²) in [6.45, 7) is 6.38. The van der Waals surface area contributed by atoms with E-state index in [0.29, 0.717) is 5.88 Å². The fourth-order valence-electron chi connectivity index (χ4n) is 2.24. The molecular formula is C16H20N2O. The monoisotopic (exact) mass is 256 g/mol. The molecule has 0 fully saturated rings. The lowest BCUT2D eigenvalue weighted by molar-refractivity contribution is 0.399. The number of aryl methyl sites for hydroxylation is 2. The number of ether oxygens (including phenoxy) is 1. The molecule has 1 N–H and O–H groups in total. The van der Waals surface area contributed by atoms with Gasteiger partial charge >= 0.3 is 0 Å². The number of rotatable bonds is 4. The summed E-state index contributed by atoms with van der Waals surface area (Å²) in [5, 5.41) is 3.44. The van der Waals surface area contributed by atoms with Crippen LogP contribution in [-0.4, -0.2) is 12.1 Å². The molecule has 0 aliphatic heterocycles. The minimum atomic E-state index is 0.205. The lowest BCUT2D eigenvalue weighted by Gasteiger charge is -2.18. The number of hydrogen-bond acceptors (Lipinski definition) is 3. The zero-order valence-electron chi connectivity index (χ0n) is 11.9. The fourth-order valence-corrected chi connectivity index (χ4v) is 2.24. The fraction of sp³-hybridized carbons (Fsp3) is 0.312. The first-order chi connectivity index (χ1) is 9.10. The molecule has 0 spiro atoms. The molecule has 2 aromatic rings. The van der Waals surface area contributed by atoms with Gasteiger partial charge in [-0.3, -0.25) is 0 Å². The van der Waals surface area contributed by atoms with E-state index in [2.05, 4.69) is 49.3 Å². The second-order valence-corrected chi connectivity index (χ2v) is 4.85. The molecule has 0 aliphatic carbocycles. The average Bonchev–Trinajstić information content (AvgIpc) is 2.38. The van der Waals surface area contributed by atoms with Gasteiger partial charge in [0.15, 0.2) is 0 Å². The van der Waals surface area contributed by atoms with Crippen molar-refractivity contribution in [1.29, 1.82) is 0 Å². The smallest absolute Gasteiger partial charge is 0.237 e. The van der Waals surface area contributed by atoms with Crippen LogP contribution in [-0.2, 0) is 0 Å². The van der Waals surface area contributed by atoms with Crippen molar-refractivity contribution in [1.82, 2.24) is 4.98 Å². The van der Waals surface area contributed by atoms with Crippen LogP contribution in [0.15, 0.2) is 36.5 Å². The molecule has 3 nitrogen and oxygen atoms in total. The zero-order chi connectivity index (χ0) is 13.8. The van der Waals surface area contributed by atoms with Crippen LogP contribution in [0.25, 0.3) is 0 Å². The van der Waals surface area contributed by atoms with Gasteiger partial charge in [0.2, 0.25) is 5.88 Å². The van der Waals surface area contributed by atoms with Gasteiger partial charge in [-0.05, 0) is 38.5 Å². The average molecular weight is 256 g/mol. The third kappa shape index (κ3) is 3.25. The van der Waals surface area contributed by atoms with Gasteiger partial charge in [-0.25, -0.2) is 4.98 Å². The van der Waals surface area contributed by atoms with Crippen molar-refractivity contribution in [3.8, 4) is 5.88 Å². The lowest BCUT2D eigenvalue weighted by atomic mass is 10.0. The van der Waals surface area contributed by atoms with Crippen LogP contribution in [0.5, 0.6) is 5.88 Å². The van der Waals surface area contributed by atoms with Gasteiger partial charge in [-0.1, -0.05) is 29.3 Å². The molecule has 0 saturated carbocycles. The highest BCUT2D eigenvalue weighted by Gasteiger charge is 2.10. The van der Waals surface area contributed by atoms with Crippen molar-refractivity contribution in [2.24, 2.45) is 0 Å². The van der Waals surface area contributed by atoms with Crippen LogP contribution in [0, 0.1) is 13.8 Å². The van der Waals surface area contributed by atoms with Gasteiger partial charge in [0.1, 0.15) is 0 Å². The summed E-state index contributed by atoms with van der Waals surface area (Å²) in [4.78, 5) is 4.19. The molecule has 0 aliphatic rings. The number of nitrogens with one attached hydrogen (secondary N) is 1. The molecule has 3 heteroatoms. The highest BCUT2D eigenvalue weighted by molar-refractivity contribution is 5.53. The van der Waals surface area contributed by atoms with Gasteiger partial charge in [0.25, 0.3) is 0 Å². The second kappa shape index (κ2) is 5.74. The number of hydrogen-bond donors (Lipinski definition) is 1. The van der Waals surface area contributed by atoms with E-state index < -0.39 is 0 Å². The third-order valence-corrected chi connectivity index (χ3v) is 3.08. The maximum atomic E-state index is 5.26. The van der Waals surface area contributed by atoms with E-state index in [1.165, 1.54) is 16.7 Å². The molecule has 100 valence electrons. The summed E-state index contributed by atoms with van der Waals surface area (Å²) in [5.74, 6) is 0.624. The first-order valence-corrected chi connectivity index (χ1v) is 6.44. The van der Waals surface area contributed by atoms with Crippen LogP contribution >= 0.6 is 0 Å². The minimum absolute atomic E-state index is 0.205. The Balaban J connectivity index is 2.22. The summed E-state index contributed by atoms with van der Waals surface area (Å²) in [6, 6.07) is 10.7. The quantitative estimate of drug-likeness (QED) is 0.901. The first-order valence-electron chi connectivity index (χ1n) is 6.44. The molecule has 1 atom stereocenters. The number of nitrogens with zero attached hydrogens (tertiary/aromatic N) is 1. The predicted octanol–water partition coefficient (Wildman–Crippen LogP) is 3.88. The standard InChI is InChI=1S/C16H20N2O/c1-11-8-12(2)10-14(9-11)13(3)18-15-6-5-7-17-16(15)19-4/h5-10,13,18H,1-4H3. The maximum absolute atomic E-state index is 5.26. The van der Waals surface area contributed by atoms with Crippen LogP contribution in [0.2, 0.25) is 0 Å². The van der Waals surface area contributed by atoms with Crippen LogP contribution in [0.1, 0.15) is 29.7 Å². The molecule has 2 rings (SSSR count). The number of pyridine rings is 1. The Labute approximate surface area is 114 Å². The highest BCUT2D eigenvalue weighted by Crippen LogP contribution is 2.26. The van der Waals surface area contributed by atoms with Crippen molar-refractivity contribution in [2.45, 2.75) is 26.8 Å². The molecule has 1 aromatic carbocycles. The topological polar surface area (TPSA) is 34.1 Å². The van der Waals surface area contributed by atoms with Gasteiger partial charge < -0.3 is 10.1 Å². The molecule has 0 radical (unpaired) electrons. The molecule has 0 bridgehead atoms. The molecule has 1 aromatic heterocycles. The van der Waals surface area contributed by atoms with E-state index in [-0.39, 0.29) is 6.04 Å². The molecule has 0 saturated heterocycles. The number of benzene rings is 1. The Morgan fingerprint density at radius 2 is 1.84 bits per heavy atom. The molecule has 1 heterocycles. The Morgan fingerprint density at radius 3 is 2.47 bits per heavy atom. The van der Waals surface area contributed by atoms with Crippen molar-refractivity contribution in [3.63, 3.8) is 0 Å². The minimum Gasteiger partial charge on any atom is -0.480 e. The van der Waals surface area contributed by atoms with E-state index in [1.54, 1.807) is 13.3 Å². The van der Waals surface area contributed by atoms with E-state index >= 15 is 0 Å².